The molecule has 2 aromatic rings. The molecule has 4 heteroatoms. The number of nitrogens with zero attached hydrogens (tertiary/aromatic N) is 1. The maximum absolute atomic E-state index is 11.9. The molecule has 0 spiro atoms. The molecule has 0 saturated heterocycles. The summed E-state index contributed by atoms with van der Waals surface area (Å²) in [6.45, 7) is 0.729. The predicted octanol–water partition coefficient (Wildman–Crippen LogP) is 3.76. The van der Waals surface area contributed by atoms with Crippen molar-refractivity contribution in [1.82, 2.24) is 4.90 Å². The molecule has 0 aliphatic carbocycles. The molecule has 0 heterocycles. The maximum Gasteiger partial charge on any atom is 0.253 e. The van der Waals surface area contributed by atoms with E-state index in [1.165, 1.54) is 5.56 Å². The first-order chi connectivity index (χ1) is 9.56. The number of amides is 1. The van der Waals surface area contributed by atoms with Crippen LogP contribution in [0.5, 0.6) is 0 Å². The van der Waals surface area contributed by atoms with Gasteiger partial charge >= 0.3 is 0 Å². The molecule has 0 saturated carbocycles. The van der Waals surface area contributed by atoms with Gasteiger partial charge in [-0.25, -0.2) is 0 Å². The average molecular weight is 333 g/mol. The predicted molar refractivity (Wildman–Crippen MR) is 85.9 cm³/mol. The summed E-state index contributed by atoms with van der Waals surface area (Å²) in [4.78, 5) is 13.5. The number of rotatable bonds is 4. The fourth-order valence-electron chi connectivity index (χ4n) is 1.83. The number of nitrogens with one attached hydrogen (secondary N) is 1. The van der Waals surface area contributed by atoms with Gasteiger partial charge in [-0.1, -0.05) is 34.1 Å². The number of benzene rings is 2. The smallest absolute Gasteiger partial charge is 0.253 e. The van der Waals surface area contributed by atoms with Gasteiger partial charge in [0.15, 0.2) is 0 Å². The molecule has 0 unspecified atom stereocenters. The normalized spacial score (nSPS) is 10.2. The second-order valence-corrected chi connectivity index (χ2v) is 5.68. The van der Waals surface area contributed by atoms with Gasteiger partial charge in [0, 0.05) is 36.4 Å². The van der Waals surface area contributed by atoms with E-state index in [0.717, 1.165) is 16.7 Å². The zero-order valence-electron chi connectivity index (χ0n) is 11.6. The summed E-state index contributed by atoms with van der Waals surface area (Å²) in [5.41, 5.74) is 2.83. The minimum absolute atomic E-state index is 0.0114. The fourth-order valence-corrected chi connectivity index (χ4v) is 2.09. The van der Waals surface area contributed by atoms with E-state index in [1.54, 1.807) is 19.0 Å². The zero-order valence-corrected chi connectivity index (χ0v) is 13.1. The molecule has 1 N–H and O–H groups in total. The molecule has 104 valence electrons. The standard InChI is InChI=1S/C16H17BrN2O/c1-19(2)16(20)13-4-3-5-15(10-13)18-11-12-6-8-14(17)9-7-12/h3-10,18H,11H2,1-2H3. The van der Waals surface area contributed by atoms with Crippen LogP contribution in [0.2, 0.25) is 0 Å². The molecule has 0 atom stereocenters. The molecule has 2 aromatic carbocycles. The second kappa shape index (κ2) is 6.57. The lowest BCUT2D eigenvalue weighted by atomic mass is 10.1. The first-order valence-corrected chi connectivity index (χ1v) is 7.15. The summed E-state index contributed by atoms with van der Waals surface area (Å²) >= 11 is 3.42. The monoisotopic (exact) mass is 332 g/mol. The molecule has 0 radical (unpaired) electrons. The van der Waals surface area contributed by atoms with Crippen LogP contribution in [0, 0.1) is 0 Å². The van der Waals surface area contributed by atoms with Crippen LogP contribution >= 0.6 is 15.9 Å². The summed E-state index contributed by atoms with van der Waals surface area (Å²) < 4.78 is 1.07. The van der Waals surface area contributed by atoms with Crippen LogP contribution in [0.25, 0.3) is 0 Å². The van der Waals surface area contributed by atoms with E-state index in [2.05, 4.69) is 33.4 Å². The first-order valence-electron chi connectivity index (χ1n) is 6.36. The van der Waals surface area contributed by atoms with Crippen molar-refractivity contribution in [2.24, 2.45) is 0 Å². The molecule has 1 amide bonds. The van der Waals surface area contributed by atoms with Crippen molar-refractivity contribution in [1.29, 1.82) is 0 Å². The molecule has 0 aliphatic heterocycles. The number of hydrogen-bond donors (Lipinski definition) is 1. The van der Waals surface area contributed by atoms with Crippen molar-refractivity contribution in [3.8, 4) is 0 Å². The van der Waals surface area contributed by atoms with Crippen LogP contribution in [-0.4, -0.2) is 24.9 Å². The maximum atomic E-state index is 11.9. The Labute approximate surface area is 127 Å². The topological polar surface area (TPSA) is 32.3 Å². The van der Waals surface area contributed by atoms with Crippen LogP contribution in [0.1, 0.15) is 15.9 Å². The van der Waals surface area contributed by atoms with Gasteiger partial charge in [-0.3, -0.25) is 4.79 Å². The average Bonchev–Trinajstić information content (AvgIpc) is 2.46. The fraction of sp³-hybridized carbons (Fsp3) is 0.188. The highest BCUT2D eigenvalue weighted by atomic mass is 79.9. The van der Waals surface area contributed by atoms with Gasteiger partial charge in [-0.2, -0.15) is 0 Å². The third kappa shape index (κ3) is 3.84. The number of anilines is 1. The molecular formula is C16H17BrN2O. The van der Waals surface area contributed by atoms with Crippen molar-refractivity contribution < 1.29 is 4.79 Å². The van der Waals surface area contributed by atoms with Crippen molar-refractivity contribution >= 4 is 27.5 Å². The summed E-state index contributed by atoms with van der Waals surface area (Å²) in [5.74, 6) is 0.0114. The summed E-state index contributed by atoms with van der Waals surface area (Å²) in [5, 5.41) is 3.33. The van der Waals surface area contributed by atoms with Gasteiger partial charge in [0.25, 0.3) is 5.91 Å². The Kier molecular flexibility index (Phi) is 4.79. The largest absolute Gasteiger partial charge is 0.381 e. The Morgan fingerprint density at radius 2 is 1.85 bits per heavy atom. The van der Waals surface area contributed by atoms with E-state index >= 15 is 0 Å². The Morgan fingerprint density at radius 1 is 1.15 bits per heavy atom. The Balaban J connectivity index is 2.05. The van der Waals surface area contributed by atoms with E-state index in [0.29, 0.717) is 5.56 Å². The van der Waals surface area contributed by atoms with Gasteiger partial charge in [0.1, 0.15) is 0 Å². The van der Waals surface area contributed by atoms with Gasteiger partial charge in [-0.05, 0) is 35.9 Å². The quantitative estimate of drug-likeness (QED) is 0.924. The van der Waals surface area contributed by atoms with E-state index in [1.807, 2.05) is 36.4 Å². The number of carbonyl (C=O) groups excluding carboxylic acids is 1. The Morgan fingerprint density at radius 3 is 2.50 bits per heavy atom. The first kappa shape index (κ1) is 14.6. The summed E-state index contributed by atoms with van der Waals surface area (Å²) in [6, 6.07) is 15.7. The van der Waals surface area contributed by atoms with Crippen LogP contribution in [0.3, 0.4) is 0 Å². The van der Waals surface area contributed by atoms with Crippen LogP contribution in [0.15, 0.2) is 53.0 Å². The third-order valence-electron chi connectivity index (χ3n) is 2.93. The highest BCUT2D eigenvalue weighted by Gasteiger charge is 2.07. The number of halogens is 1. The molecule has 0 aliphatic rings. The van der Waals surface area contributed by atoms with E-state index in [4.69, 9.17) is 0 Å². The third-order valence-corrected chi connectivity index (χ3v) is 3.45. The van der Waals surface area contributed by atoms with Gasteiger partial charge < -0.3 is 10.2 Å². The molecule has 0 fully saturated rings. The van der Waals surface area contributed by atoms with Gasteiger partial charge in [-0.15, -0.1) is 0 Å². The number of carbonyl (C=O) groups is 1. The minimum atomic E-state index is 0.0114. The Bertz CT molecular complexity index is 594. The Hall–Kier alpha value is -1.81. The molecular weight excluding hydrogens is 316 g/mol. The summed E-state index contributed by atoms with van der Waals surface area (Å²) in [6.07, 6.45) is 0. The SMILES string of the molecule is CN(C)C(=O)c1cccc(NCc2ccc(Br)cc2)c1. The lowest BCUT2D eigenvalue weighted by Crippen LogP contribution is -2.21. The minimum Gasteiger partial charge on any atom is -0.381 e. The second-order valence-electron chi connectivity index (χ2n) is 4.76. The molecule has 20 heavy (non-hydrogen) atoms. The van der Waals surface area contributed by atoms with Gasteiger partial charge in [0.05, 0.1) is 0 Å². The van der Waals surface area contributed by atoms with Crippen LogP contribution in [0.4, 0.5) is 5.69 Å². The molecule has 0 aromatic heterocycles. The number of hydrogen-bond acceptors (Lipinski definition) is 2. The van der Waals surface area contributed by atoms with Crippen molar-refractivity contribution in [3.63, 3.8) is 0 Å². The zero-order chi connectivity index (χ0) is 14.5. The molecule has 2 rings (SSSR count). The van der Waals surface area contributed by atoms with Gasteiger partial charge in [0.2, 0.25) is 0 Å². The van der Waals surface area contributed by atoms with E-state index in [-0.39, 0.29) is 5.91 Å². The van der Waals surface area contributed by atoms with Crippen molar-refractivity contribution in [2.45, 2.75) is 6.54 Å². The van der Waals surface area contributed by atoms with E-state index < -0.39 is 0 Å². The molecule has 3 nitrogen and oxygen atoms in total. The lowest BCUT2D eigenvalue weighted by Gasteiger charge is -2.12. The highest BCUT2D eigenvalue weighted by molar-refractivity contribution is 9.10. The summed E-state index contributed by atoms with van der Waals surface area (Å²) in [7, 11) is 3.51. The highest BCUT2D eigenvalue weighted by Crippen LogP contribution is 2.15. The van der Waals surface area contributed by atoms with Crippen molar-refractivity contribution in [3.05, 3.63) is 64.1 Å². The van der Waals surface area contributed by atoms with Crippen LogP contribution < -0.4 is 5.32 Å². The lowest BCUT2D eigenvalue weighted by molar-refractivity contribution is 0.0827. The van der Waals surface area contributed by atoms with Crippen LogP contribution in [-0.2, 0) is 6.54 Å². The van der Waals surface area contributed by atoms with Crippen molar-refractivity contribution in [2.75, 3.05) is 19.4 Å². The van der Waals surface area contributed by atoms with E-state index in [9.17, 15) is 4.79 Å². The molecule has 0 bridgehead atoms.